The average molecular weight is 132 g/mol. The Labute approximate surface area is 61.9 Å². The molecule has 0 fully saturated rings. The van der Waals surface area contributed by atoms with Crippen LogP contribution in [-0.4, -0.2) is 0 Å². The van der Waals surface area contributed by atoms with E-state index in [-0.39, 0.29) is 0 Å². The van der Waals surface area contributed by atoms with Gasteiger partial charge in [0.15, 0.2) is 0 Å². The second-order valence-electron chi connectivity index (χ2n) is 2.98. The standard InChI is InChI=1S/C10H12/c1-2-6-9(5-1)10-7-3-4-8-10/h1-3,7-9H,4-6H2. The quantitative estimate of drug-likeness (QED) is 0.481. The molecule has 0 aliphatic heterocycles. The number of hydrogen-bond donors (Lipinski definition) is 0. The van der Waals surface area contributed by atoms with Crippen LogP contribution in [-0.2, 0) is 0 Å². The summed E-state index contributed by atoms with van der Waals surface area (Å²) in [5.74, 6) is 0.818. The minimum atomic E-state index is 0.818. The summed E-state index contributed by atoms with van der Waals surface area (Å²) in [6, 6.07) is 0. The van der Waals surface area contributed by atoms with E-state index in [0.29, 0.717) is 0 Å². The Bertz CT molecular complexity index is 198. The molecule has 52 valence electrons. The normalized spacial score (nSPS) is 24.2. The Balaban J connectivity index is 2.06. The van der Waals surface area contributed by atoms with Gasteiger partial charge in [0, 0.05) is 0 Å². The van der Waals surface area contributed by atoms with Gasteiger partial charge in [0.1, 0.15) is 0 Å². The summed E-state index contributed by atoms with van der Waals surface area (Å²) in [7, 11) is 0. The summed E-state index contributed by atoms with van der Waals surface area (Å²) in [6.45, 7) is 0. The van der Waals surface area contributed by atoms with Crippen LogP contribution in [0, 0.1) is 5.92 Å². The van der Waals surface area contributed by atoms with E-state index >= 15 is 0 Å². The van der Waals surface area contributed by atoms with Crippen LogP contribution in [0.1, 0.15) is 19.3 Å². The van der Waals surface area contributed by atoms with Crippen LogP contribution in [0.25, 0.3) is 0 Å². The molecule has 0 bridgehead atoms. The maximum absolute atomic E-state index is 2.34. The second kappa shape index (κ2) is 2.45. The third-order valence-corrected chi connectivity index (χ3v) is 2.28. The van der Waals surface area contributed by atoms with E-state index in [2.05, 4.69) is 30.4 Å². The predicted octanol–water partition coefficient (Wildman–Crippen LogP) is 2.84. The molecule has 2 rings (SSSR count). The van der Waals surface area contributed by atoms with Crippen molar-refractivity contribution >= 4 is 0 Å². The SMILES string of the molecule is C1=CC(C2CC=CC2)=CC1. The average Bonchev–Trinajstić information content (AvgIpc) is 2.59. The third kappa shape index (κ3) is 0.942. The molecule has 0 radical (unpaired) electrons. The van der Waals surface area contributed by atoms with Gasteiger partial charge in [-0.1, -0.05) is 30.4 Å². The monoisotopic (exact) mass is 132 g/mol. The Morgan fingerprint density at radius 1 is 1.10 bits per heavy atom. The molecule has 0 aromatic rings. The van der Waals surface area contributed by atoms with Gasteiger partial charge >= 0.3 is 0 Å². The van der Waals surface area contributed by atoms with Gasteiger partial charge in [-0.3, -0.25) is 0 Å². The van der Waals surface area contributed by atoms with E-state index in [0.717, 1.165) is 12.3 Å². The number of rotatable bonds is 1. The summed E-state index contributed by atoms with van der Waals surface area (Å²) in [5.41, 5.74) is 1.56. The van der Waals surface area contributed by atoms with Gasteiger partial charge < -0.3 is 0 Å². The van der Waals surface area contributed by atoms with Crippen LogP contribution in [0.3, 0.4) is 0 Å². The largest absolute Gasteiger partial charge is 0.0879 e. The van der Waals surface area contributed by atoms with Crippen LogP contribution in [0.15, 0.2) is 36.0 Å². The lowest BCUT2D eigenvalue weighted by atomic mass is 9.98. The highest BCUT2D eigenvalue weighted by atomic mass is 14.2. The van der Waals surface area contributed by atoms with Gasteiger partial charge in [-0.25, -0.2) is 0 Å². The van der Waals surface area contributed by atoms with Crippen molar-refractivity contribution in [2.24, 2.45) is 5.92 Å². The van der Waals surface area contributed by atoms with E-state index in [4.69, 9.17) is 0 Å². The first-order valence-corrected chi connectivity index (χ1v) is 3.98. The van der Waals surface area contributed by atoms with E-state index in [1.807, 2.05) is 0 Å². The van der Waals surface area contributed by atoms with Crippen LogP contribution in [0.2, 0.25) is 0 Å². The molecule has 0 heterocycles. The van der Waals surface area contributed by atoms with Crippen LogP contribution < -0.4 is 0 Å². The van der Waals surface area contributed by atoms with Crippen molar-refractivity contribution in [1.29, 1.82) is 0 Å². The molecule has 0 amide bonds. The summed E-state index contributed by atoms with van der Waals surface area (Å²) >= 11 is 0. The van der Waals surface area contributed by atoms with E-state index < -0.39 is 0 Å². The fraction of sp³-hybridized carbons (Fsp3) is 0.400. The molecule has 0 heteroatoms. The van der Waals surface area contributed by atoms with Crippen LogP contribution >= 0.6 is 0 Å². The highest BCUT2D eigenvalue weighted by molar-refractivity contribution is 5.30. The highest BCUT2D eigenvalue weighted by Gasteiger charge is 2.14. The van der Waals surface area contributed by atoms with Gasteiger partial charge in [0.25, 0.3) is 0 Å². The summed E-state index contributed by atoms with van der Waals surface area (Å²) < 4.78 is 0. The van der Waals surface area contributed by atoms with E-state index in [9.17, 15) is 0 Å². The lowest BCUT2D eigenvalue weighted by Crippen LogP contribution is -1.94. The zero-order chi connectivity index (χ0) is 6.81. The van der Waals surface area contributed by atoms with Crippen molar-refractivity contribution in [2.75, 3.05) is 0 Å². The Hall–Kier alpha value is -0.780. The van der Waals surface area contributed by atoms with Crippen molar-refractivity contribution in [2.45, 2.75) is 19.3 Å². The first-order valence-electron chi connectivity index (χ1n) is 3.98. The molecule has 0 saturated heterocycles. The molecule has 0 N–H and O–H groups in total. The molecule has 0 atom stereocenters. The van der Waals surface area contributed by atoms with Gasteiger partial charge in [0.05, 0.1) is 0 Å². The smallest absolute Gasteiger partial charge is 0.00960 e. The van der Waals surface area contributed by atoms with Crippen molar-refractivity contribution in [3.05, 3.63) is 36.0 Å². The van der Waals surface area contributed by atoms with Crippen molar-refractivity contribution in [3.63, 3.8) is 0 Å². The summed E-state index contributed by atoms with van der Waals surface area (Å²) in [6.07, 6.45) is 15.1. The van der Waals surface area contributed by atoms with Gasteiger partial charge in [0.2, 0.25) is 0 Å². The topological polar surface area (TPSA) is 0 Å². The van der Waals surface area contributed by atoms with E-state index in [1.54, 1.807) is 5.57 Å². The Morgan fingerprint density at radius 3 is 2.50 bits per heavy atom. The van der Waals surface area contributed by atoms with Crippen molar-refractivity contribution in [3.8, 4) is 0 Å². The molecule has 0 aromatic carbocycles. The van der Waals surface area contributed by atoms with Crippen LogP contribution in [0.4, 0.5) is 0 Å². The molecule has 0 nitrogen and oxygen atoms in total. The maximum atomic E-state index is 2.34. The van der Waals surface area contributed by atoms with Crippen molar-refractivity contribution < 1.29 is 0 Å². The van der Waals surface area contributed by atoms with Gasteiger partial charge in [-0.15, -0.1) is 0 Å². The lowest BCUT2D eigenvalue weighted by molar-refractivity contribution is 0.686. The molecule has 2 aliphatic rings. The molecule has 0 unspecified atom stereocenters. The second-order valence-corrected chi connectivity index (χ2v) is 2.98. The molecule has 10 heavy (non-hydrogen) atoms. The molecule has 0 aromatic heterocycles. The molecule has 2 aliphatic carbocycles. The Kier molecular flexibility index (Phi) is 1.46. The first kappa shape index (κ1) is 5.96. The summed E-state index contributed by atoms with van der Waals surface area (Å²) in [4.78, 5) is 0. The molecular formula is C10H12. The highest BCUT2D eigenvalue weighted by Crippen LogP contribution is 2.29. The third-order valence-electron chi connectivity index (χ3n) is 2.28. The van der Waals surface area contributed by atoms with E-state index in [1.165, 1.54) is 12.8 Å². The zero-order valence-corrected chi connectivity index (χ0v) is 6.09. The fourth-order valence-electron chi connectivity index (χ4n) is 1.67. The van der Waals surface area contributed by atoms with Gasteiger partial charge in [-0.2, -0.15) is 0 Å². The maximum Gasteiger partial charge on any atom is -0.00960 e. The van der Waals surface area contributed by atoms with Gasteiger partial charge in [-0.05, 0) is 30.8 Å². The first-order chi connectivity index (χ1) is 4.97. The zero-order valence-electron chi connectivity index (χ0n) is 6.09. The summed E-state index contributed by atoms with van der Waals surface area (Å²) in [5, 5.41) is 0. The Morgan fingerprint density at radius 2 is 1.90 bits per heavy atom. The minimum absolute atomic E-state index is 0.818. The predicted molar refractivity (Wildman–Crippen MR) is 43.7 cm³/mol. The number of allylic oxidation sites excluding steroid dienone is 6. The number of hydrogen-bond acceptors (Lipinski definition) is 0. The molecule has 0 spiro atoms. The fourth-order valence-corrected chi connectivity index (χ4v) is 1.67. The van der Waals surface area contributed by atoms with Crippen molar-refractivity contribution in [1.82, 2.24) is 0 Å². The lowest BCUT2D eigenvalue weighted by Gasteiger charge is -2.06. The molecule has 0 saturated carbocycles. The minimum Gasteiger partial charge on any atom is -0.0879 e. The van der Waals surface area contributed by atoms with Crippen LogP contribution in [0.5, 0.6) is 0 Å². The molecular weight excluding hydrogens is 120 g/mol.